The van der Waals surface area contributed by atoms with Crippen LogP contribution in [0.4, 0.5) is 8.78 Å². The molecule has 0 aliphatic rings. The number of halogens is 2. The first-order chi connectivity index (χ1) is 8.19. The lowest BCUT2D eigenvalue weighted by Crippen LogP contribution is -2.11. The van der Waals surface area contributed by atoms with Crippen molar-refractivity contribution in [1.82, 2.24) is 10.3 Å². The van der Waals surface area contributed by atoms with Crippen LogP contribution in [0.2, 0.25) is 0 Å². The van der Waals surface area contributed by atoms with Crippen molar-refractivity contribution in [3.63, 3.8) is 0 Å². The second-order valence-corrected chi connectivity index (χ2v) is 3.56. The standard InChI is InChI=1S/C12H12F2N2O/c1-2-15-7-12-16-6-11(17-12)8-3-9(13)5-10(14)4-8/h3-6,15H,2,7H2,1H3. The van der Waals surface area contributed by atoms with Crippen LogP contribution >= 0.6 is 0 Å². The molecule has 1 heterocycles. The fourth-order valence-electron chi connectivity index (χ4n) is 1.45. The van der Waals surface area contributed by atoms with Gasteiger partial charge in [-0.3, -0.25) is 0 Å². The zero-order valence-electron chi connectivity index (χ0n) is 9.34. The van der Waals surface area contributed by atoms with Gasteiger partial charge in [-0.15, -0.1) is 0 Å². The van der Waals surface area contributed by atoms with E-state index in [1.54, 1.807) is 0 Å². The molecule has 90 valence electrons. The molecule has 1 N–H and O–H groups in total. The van der Waals surface area contributed by atoms with E-state index in [0.717, 1.165) is 12.6 Å². The van der Waals surface area contributed by atoms with Crippen molar-refractivity contribution >= 4 is 0 Å². The number of nitrogens with one attached hydrogen (secondary N) is 1. The zero-order valence-corrected chi connectivity index (χ0v) is 9.34. The molecule has 5 heteroatoms. The third kappa shape index (κ3) is 2.88. The summed E-state index contributed by atoms with van der Waals surface area (Å²) in [6.07, 6.45) is 1.46. The van der Waals surface area contributed by atoms with E-state index in [2.05, 4.69) is 10.3 Å². The predicted octanol–water partition coefficient (Wildman–Crippen LogP) is 2.73. The minimum absolute atomic E-state index is 0.345. The number of oxazole rings is 1. The van der Waals surface area contributed by atoms with Crippen LogP contribution in [-0.4, -0.2) is 11.5 Å². The summed E-state index contributed by atoms with van der Waals surface area (Å²) in [6.45, 7) is 3.26. The summed E-state index contributed by atoms with van der Waals surface area (Å²) in [6, 6.07) is 3.24. The highest BCUT2D eigenvalue weighted by Gasteiger charge is 2.08. The van der Waals surface area contributed by atoms with Gasteiger partial charge in [0.1, 0.15) is 11.6 Å². The minimum Gasteiger partial charge on any atom is -0.439 e. The van der Waals surface area contributed by atoms with Crippen LogP contribution in [0.5, 0.6) is 0 Å². The molecule has 0 atom stereocenters. The topological polar surface area (TPSA) is 38.1 Å². The largest absolute Gasteiger partial charge is 0.439 e. The van der Waals surface area contributed by atoms with E-state index in [0.29, 0.717) is 23.8 Å². The smallest absolute Gasteiger partial charge is 0.208 e. The van der Waals surface area contributed by atoms with Gasteiger partial charge in [-0.1, -0.05) is 6.92 Å². The van der Waals surface area contributed by atoms with E-state index in [4.69, 9.17) is 4.42 Å². The van der Waals surface area contributed by atoms with Gasteiger partial charge in [0.2, 0.25) is 5.89 Å². The summed E-state index contributed by atoms with van der Waals surface area (Å²) < 4.78 is 31.4. The quantitative estimate of drug-likeness (QED) is 0.890. The maximum atomic E-state index is 13.0. The second-order valence-electron chi connectivity index (χ2n) is 3.56. The Morgan fingerprint density at radius 3 is 2.59 bits per heavy atom. The van der Waals surface area contributed by atoms with Crippen LogP contribution in [0.1, 0.15) is 12.8 Å². The highest BCUT2D eigenvalue weighted by Crippen LogP contribution is 2.22. The van der Waals surface area contributed by atoms with Crippen LogP contribution in [0.25, 0.3) is 11.3 Å². The number of benzene rings is 1. The lowest BCUT2D eigenvalue weighted by atomic mass is 10.2. The van der Waals surface area contributed by atoms with Gasteiger partial charge < -0.3 is 9.73 Å². The van der Waals surface area contributed by atoms with Crippen molar-refractivity contribution in [1.29, 1.82) is 0 Å². The van der Waals surface area contributed by atoms with E-state index in [9.17, 15) is 8.78 Å². The second kappa shape index (κ2) is 5.05. The van der Waals surface area contributed by atoms with Crippen LogP contribution in [0.15, 0.2) is 28.8 Å². The molecule has 0 saturated heterocycles. The van der Waals surface area contributed by atoms with Crippen LogP contribution < -0.4 is 5.32 Å². The van der Waals surface area contributed by atoms with Gasteiger partial charge in [0.15, 0.2) is 5.76 Å². The molecule has 0 amide bonds. The maximum Gasteiger partial charge on any atom is 0.208 e. The van der Waals surface area contributed by atoms with E-state index >= 15 is 0 Å². The minimum atomic E-state index is -0.635. The van der Waals surface area contributed by atoms with Crippen LogP contribution in [0.3, 0.4) is 0 Å². The van der Waals surface area contributed by atoms with Crippen molar-refractivity contribution in [3.8, 4) is 11.3 Å². The number of aromatic nitrogens is 1. The first kappa shape index (κ1) is 11.7. The average Bonchev–Trinajstić information content (AvgIpc) is 2.73. The molecule has 0 fully saturated rings. The summed E-state index contributed by atoms with van der Waals surface area (Å²) in [5, 5.41) is 3.05. The van der Waals surface area contributed by atoms with Crippen LogP contribution in [0, 0.1) is 11.6 Å². The third-order valence-corrected chi connectivity index (χ3v) is 2.23. The Morgan fingerprint density at radius 2 is 1.94 bits per heavy atom. The third-order valence-electron chi connectivity index (χ3n) is 2.23. The van der Waals surface area contributed by atoms with Crippen molar-refractivity contribution in [3.05, 3.63) is 41.9 Å². The number of nitrogens with zero attached hydrogens (tertiary/aromatic N) is 1. The molecule has 0 saturated carbocycles. The molecule has 2 rings (SSSR count). The molecule has 1 aromatic carbocycles. The van der Waals surface area contributed by atoms with Gasteiger partial charge in [0, 0.05) is 11.6 Å². The Bertz CT molecular complexity index is 491. The van der Waals surface area contributed by atoms with E-state index < -0.39 is 11.6 Å². The molecule has 2 aromatic rings. The van der Waals surface area contributed by atoms with Crippen molar-refractivity contribution < 1.29 is 13.2 Å². The number of rotatable bonds is 4. The number of hydrogen-bond donors (Lipinski definition) is 1. The molecule has 17 heavy (non-hydrogen) atoms. The van der Waals surface area contributed by atoms with E-state index in [-0.39, 0.29) is 0 Å². The Balaban J connectivity index is 2.24. The Hall–Kier alpha value is -1.75. The predicted molar refractivity (Wildman–Crippen MR) is 59.2 cm³/mol. The molecular formula is C12H12F2N2O. The fraction of sp³-hybridized carbons (Fsp3) is 0.250. The van der Waals surface area contributed by atoms with Crippen molar-refractivity contribution in [2.75, 3.05) is 6.54 Å². The summed E-state index contributed by atoms with van der Waals surface area (Å²) in [5.41, 5.74) is 0.345. The molecule has 0 spiro atoms. The molecular weight excluding hydrogens is 226 g/mol. The van der Waals surface area contributed by atoms with Crippen LogP contribution in [-0.2, 0) is 6.54 Å². The molecule has 0 aliphatic carbocycles. The van der Waals surface area contributed by atoms with Gasteiger partial charge in [-0.05, 0) is 18.7 Å². The highest BCUT2D eigenvalue weighted by atomic mass is 19.1. The monoisotopic (exact) mass is 238 g/mol. The first-order valence-electron chi connectivity index (χ1n) is 5.31. The Labute approximate surface area is 97.5 Å². The Kier molecular flexibility index (Phi) is 3.49. The van der Waals surface area contributed by atoms with Gasteiger partial charge in [-0.25, -0.2) is 13.8 Å². The van der Waals surface area contributed by atoms with Crippen molar-refractivity contribution in [2.45, 2.75) is 13.5 Å². The fourth-order valence-corrected chi connectivity index (χ4v) is 1.45. The van der Waals surface area contributed by atoms with Gasteiger partial charge >= 0.3 is 0 Å². The summed E-state index contributed by atoms with van der Waals surface area (Å²) in [4.78, 5) is 4.02. The number of hydrogen-bond acceptors (Lipinski definition) is 3. The first-order valence-corrected chi connectivity index (χ1v) is 5.31. The van der Waals surface area contributed by atoms with Gasteiger partial charge in [-0.2, -0.15) is 0 Å². The molecule has 1 aromatic heterocycles. The lowest BCUT2D eigenvalue weighted by Gasteiger charge is -1.98. The van der Waals surface area contributed by atoms with Gasteiger partial charge in [0.05, 0.1) is 12.7 Å². The Morgan fingerprint density at radius 1 is 1.24 bits per heavy atom. The lowest BCUT2D eigenvalue weighted by molar-refractivity contribution is 0.481. The van der Waals surface area contributed by atoms with E-state index in [1.165, 1.54) is 18.3 Å². The normalized spacial score (nSPS) is 10.8. The molecule has 0 unspecified atom stereocenters. The zero-order chi connectivity index (χ0) is 12.3. The average molecular weight is 238 g/mol. The van der Waals surface area contributed by atoms with Crippen molar-refractivity contribution in [2.24, 2.45) is 0 Å². The van der Waals surface area contributed by atoms with E-state index in [1.807, 2.05) is 6.92 Å². The highest BCUT2D eigenvalue weighted by molar-refractivity contribution is 5.56. The maximum absolute atomic E-state index is 13.0. The molecule has 0 radical (unpaired) electrons. The SMILES string of the molecule is CCNCc1ncc(-c2cc(F)cc(F)c2)o1. The summed E-state index contributed by atoms with van der Waals surface area (Å²) >= 11 is 0. The molecule has 0 aliphatic heterocycles. The molecule has 0 bridgehead atoms. The summed E-state index contributed by atoms with van der Waals surface area (Å²) in [5.74, 6) is -0.419. The summed E-state index contributed by atoms with van der Waals surface area (Å²) in [7, 11) is 0. The van der Waals surface area contributed by atoms with Gasteiger partial charge in [0.25, 0.3) is 0 Å². The molecule has 3 nitrogen and oxygen atoms in total.